The second kappa shape index (κ2) is 10.5. The van der Waals surface area contributed by atoms with Crippen molar-refractivity contribution in [1.29, 1.82) is 0 Å². The molecule has 0 atom stereocenters. The monoisotopic (exact) mass is 395 g/mol. The number of hydrogen-bond donors (Lipinski definition) is 2. The SMILES string of the molecule is COc1ccc(NC(=O)C(=O)NCCCc2ccc(N3CCCCC3)cc2)cc1. The van der Waals surface area contributed by atoms with Crippen LogP contribution in [0.2, 0.25) is 0 Å². The highest BCUT2D eigenvalue weighted by atomic mass is 16.5. The van der Waals surface area contributed by atoms with E-state index in [9.17, 15) is 9.59 Å². The molecule has 1 fully saturated rings. The van der Waals surface area contributed by atoms with Crippen molar-refractivity contribution in [3.05, 3.63) is 54.1 Å². The number of nitrogens with one attached hydrogen (secondary N) is 2. The third-order valence-electron chi connectivity index (χ3n) is 5.14. The van der Waals surface area contributed by atoms with E-state index in [1.54, 1.807) is 31.4 Å². The number of anilines is 2. The van der Waals surface area contributed by atoms with E-state index in [-0.39, 0.29) is 0 Å². The van der Waals surface area contributed by atoms with Crippen LogP contribution in [-0.2, 0) is 16.0 Å². The van der Waals surface area contributed by atoms with Crippen LogP contribution in [0.1, 0.15) is 31.2 Å². The summed E-state index contributed by atoms with van der Waals surface area (Å²) in [7, 11) is 1.57. The molecule has 2 N–H and O–H groups in total. The summed E-state index contributed by atoms with van der Waals surface area (Å²) in [6.45, 7) is 2.75. The highest BCUT2D eigenvalue weighted by molar-refractivity contribution is 6.39. The Bertz CT molecular complexity index is 797. The number of carbonyl (C=O) groups excluding carboxylic acids is 2. The molecule has 0 bridgehead atoms. The van der Waals surface area contributed by atoms with Crippen LogP contribution in [0.3, 0.4) is 0 Å². The van der Waals surface area contributed by atoms with Crippen LogP contribution < -0.4 is 20.3 Å². The molecule has 1 aliphatic rings. The molecule has 0 aromatic heterocycles. The van der Waals surface area contributed by atoms with Gasteiger partial charge in [0.05, 0.1) is 7.11 Å². The first-order valence-corrected chi connectivity index (χ1v) is 10.2. The summed E-state index contributed by atoms with van der Waals surface area (Å²) in [5, 5.41) is 5.25. The Hall–Kier alpha value is -3.02. The van der Waals surface area contributed by atoms with E-state index in [0.717, 1.165) is 25.9 Å². The summed E-state index contributed by atoms with van der Waals surface area (Å²) in [6, 6.07) is 15.5. The van der Waals surface area contributed by atoms with Gasteiger partial charge in [0.2, 0.25) is 0 Å². The van der Waals surface area contributed by atoms with Crippen molar-refractivity contribution in [2.45, 2.75) is 32.1 Å². The number of nitrogens with zero attached hydrogens (tertiary/aromatic N) is 1. The maximum Gasteiger partial charge on any atom is 0.313 e. The number of amides is 2. The first kappa shape index (κ1) is 20.7. The molecule has 0 saturated carbocycles. The lowest BCUT2D eigenvalue weighted by molar-refractivity contribution is -0.136. The number of benzene rings is 2. The molecule has 0 unspecified atom stereocenters. The third-order valence-corrected chi connectivity index (χ3v) is 5.14. The topological polar surface area (TPSA) is 70.7 Å². The number of hydrogen-bond acceptors (Lipinski definition) is 4. The van der Waals surface area contributed by atoms with Gasteiger partial charge in [-0.25, -0.2) is 0 Å². The van der Waals surface area contributed by atoms with Crippen molar-refractivity contribution in [2.75, 3.05) is 37.0 Å². The average Bonchev–Trinajstić information content (AvgIpc) is 2.78. The zero-order chi connectivity index (χ0) is 20.5. The quantitative estimate of drug-likeness (QED) is 0.557. The first-order valence-electron chi connectivity index (χ1n) is 10.2. The molecule has 6 nitrogen and oxygen atoms in total. The Morgan fingerprint density at radius 2 is 1.62 bits per heavy atom. The molecule has 1 saturated heterocycles. The van der Waals surface area contributed by atoms with Gasteiger partial charge in [0.1, 0.15) is 5.75 Å². The van der Waals surface area contributed by atoms with Gasteiger partial charge in [0, 0.05) is 31.0 Å². The molecule has 1 heterocycles. The minimum absolute atomic E-state index is 0.461. The van der Waals surface area contributed by atoms with E-state index < -0.39 is 11.8 Å². The van der Waals surface area contributed by atoms with Crippen molar-refractivity contribution in [1.82, 2.24) is 5.32 Å². The van der Waals surface area contributed by atoms with Crippen LogP contribution >= 0.6 is 0 Å². The lowest BCUT2D eigenvalue weighted by atomic mass is 10.1. The van der Waals surface area contributed by atoms with Crippen LogP contribution in [0.25, 0.3) is 0 Å². The molecule has 0 aliphatic carbocycles. The highest BCUT2D eigenvalue weighted by Crippen LogP contribution is 2.20. The summed E-state index contributed by atoms with van der Waals surface area (Å²) >= 11 is 0. The molecule has 6 heteroatoms. The molecule has 2 amide bonds. The predicted molar refractivity (Wildman–Crippen MR) is 115 cm³/mol. The van der Waals surface area contributed by atoms with E-state index in [0.29, 0.717) is 18.0 Å². The summed E-state index contributed by atoms with van der Waals surface area (Å²) < 4.78 is 5.07. The number of ether oxygens (including phenoxy) is 1. The zero-order valence-electron chi connectivity index (χ0n) is 16.9. The van der Waals surface area contributed by atoms with Gasteiger partial charge >= 0.3 is 11.8 Å². The molecule has 154 valence electrons. The molecular formula is C23H29N3O3. The Labute approximate surface area is 172 Å². The maximum atomic E-state index is 12.0. The second-order valence-electron chi connectivity index (χ2n) is 7.26. The Balaban J connectivity index is 1.36. The van der Waals surface area contributed by atoms with Crippen molar-refractivity contribution >= 4 is 23.2 Å². The minimum atomic E-state index is -0.666. The van der Waals surface area contributed by atoms with Crippen LogP contribution in [0, 0.1) is 0 Å². The molecule has 2 aromatic carbocycles. The zero-order valence-corrected chi connectivity index (χ0v) is 16.9. The smallest absolute Gasteiger partial charge is 0.313 e. The molecular weight excluding hydrogens is 366 g/mol. The van der Waals surface area contributed by atoms with E-state index in [1.165, 1.54) is 30.5 Å². The van der Waals surface area contributed by atoms with Gasteiger partial charge in [0.15, 0.2) is 0 Å². The van der Waals surface area contributed by atoms with E-state index in [1.807, 2.05) is 0 Å². The van der Waals surface area contributed by atoms with Gasteiger partial charge in [-0.05, 0) is 74.1 Å². The summed E-state index contributed by atoms with van der Waals surface area (Å²) in [5.41, 5.74) is 3.08. The van der Waals surface area contributed by atoms with Crippen LogP contribution in [0.5, 0.6) is 5.75 Å². The van der Waals surface area contributed by atoms with Gasteiger partial charge in [-0.2, -0.15) is 0 Å². The fourth-order valence-electron chi connectivity index (χ4n) is 3.46. The fourth-order valence-corrected chi connectivity index (χ4v) is 3.46. The molecule has 3 rings (SSSR count). The molecule has 1 aliphatic heterocycles. The largest absolute Gasteiger partial charge is 0.497 e. The second-order valence-corrected chi connectivity index (χ2v) is 7.26. The normalized spacial score (nSPS) is 13.6. The number of aryl methyl sites for hydroxylation is 1. The van der Waals surface area contributed by atoms with E-state index >= 15 is 0 Å². The lowest BCUT2D eigenvalue weighted by Gasteiger charge is -2.28. The Morgan fingerprint density at radius 1 is 0.931 bits per heavy atom. The summed E-state index contributed by atoms with van der Waals surface area (Å²) in [5.74, 6) is -0.598. The Kier molecular flexibility index (Phi) is 7.50. The van der Waals surface area contributed by atoms with Crippen LogP contribution in [0.4, 0.5) is 11.4 Å². The number of carbonyl (C=O) groups is 2. The number of methoxy groups -OCH3 is 1. The third kappa shape index (κ3) is 6.24. The van der Waals surface area contributed by atoms with Crippen molar-refractivity contribution < 1.29 is 14.3 Å². The van der Waals surface area contributed by atoms with E-state index in [2.05, 4.69) is 39.8 Å². The van der Waals surface area contributed by atoms with Gasteiger partial charge in [-0.1, -0.05) is 12.1 Å². The van der Waals surface area contributed by atoms with Crippen molar-refractivity contribution in [2.24, 2.45) is 0 Å². The minimum Gasteiger partial charge on any atom is -0.497 e. The van der Waals surface area contributed by atoms with Crippen LogP contribution in [-0.4, -0.2) is 38.6 Å². The fraction of sp³-hybridized carbons (Fsp3) is 0.391. The lowest BCUT2D eigenvalue weighted by Crippen LogP contribution is -2.36. The van der Waals surface area contributed by atoms with Gasteiger partial charge < -0.3 is 20.3 Å². The van der Waals surface area contributed by atoms with E-state index in [4.69, 9.17) is 4.74 Å². The summed E-state index contributed by atoms with van der Waals surface area (Å²) in [6.07, 6.45) is 5.52. The average molecular weight is 396 g/mol. The van der Waals surface area contributed by atoms with Crippen molar-refractivity contribution in [3.63, 3.8) is 0 Å². The molecule has 2 aromatic rings. The number of piperidine rings is 1. The molecule has 0 spiro atoms. The summed E-state index contributed by atoms with van der Waals surface area (Å²) in [4.78, 5) is 26.3. The van der Waals surface area contributed by atoms with Gasteiger partial charge in [0.25, 0.3) is 0 Å². The van der Waals surface area contributed by atoms with Gasteiger partial charge in [-0.3, -0.25) is 9.59 Å². The molecule has 29 heavy (non-hydrogen) atoms. The predicted octanol–water partition coefficient (Wildman–Crippen LogP) is 3.37. The standard InChI is InChI=1S/C23H29N3O3/c1-29-21-13-9-19(10-14-21)25-23(28)22(27)24-15-5-6-18-7-11-20(12-8-18)26-16-3-2-4-17-26/h7-14H,2-6,15-17H2,1H3,(H,24,27)(H,25,28). The highest BCUT2D eigenvalue weighted by Gasteiger charge is 2.13. The Morgan fingerprint density at radius 3 is 2.28 bits per heavy atom. The van der Waals surface area contributed by atoms with Gasteiger partial charge in [-0.15, -0.1) is 0 Å². The first-order chi connectivity index (χ1) is 14.2. The van der Waals surface area contributed by atoms with Crippen LogP contribution in [0.15, 0.2) is 48.5 Å². The molecule has 0 radical (unpaired) electrons. The van der Waals surface area contributed by atoms with Crippen molar-refractivity contribution in [3.8, 4) is 5.75 Å². The number of rotatable bonds is 7. The maximum absolute atomic E-state index is 12.0.